The van der Waals surface area contributed by atoms with Crippen LogP contribution in [-0.2, 0) is 0 Å². The van der Waals surface area contributed by atoms with Gasteiger partial charge in [0.1, 0.15) is 0 Å². The Morgan fingerprint density at radius 3 is 2.66 bits per heavy atom. The molecule has 32 heavy (non-hydrogen) atoms. The van der Waals surface area contributed by atoms with Crippen LogP contribution in [-0.4, -0.2) is 67.8 Å². The molecule has 1 fully saturated rings. The smallest absolute Gasteiger partial charge is 0.255 e. The second-order valence-corrected chi connectivity index (χ2v) is 8.08. The summed E-state index contributed by atoms with van der Waals surface area (Å²) in [7, 11) is 0. The van der Waals surface area contributed by atoms with Gasteiger partial charge >= 0.3 is 0 Å². The zero-order valence-corrected chi connectivity index (χ0v) is 18.5. The molecule has 1 amide bonds. The van der Waals surface area contributed by atoms with Crippen molar-refractivity contribution in [3.05, 3.63) is 59.4 Å². The van der Waals surface area contributed by atoms with E-state index >= 15 is 0 Å². The Balaban J connectivity index is 1.55. The average molecular weight is 431 g/mol. The number of nitriles is 1. The van der Waals surface area contributed by atoms with Gasteiger partial charge in [-0.2, -0.15) is 15.0 Å². The Bertz CT molecular complexity index is 1180. The van der Waals surface area contributed by atoms with E-state index in [1.54, 1.807) is 36.5 Å². The van der Waals surface area contributed by atoms with Crippen LogP contribution in [0.4, 0.5) is 0 Å². The summed E-state index contributed by atoms with van der Waals surface area (Å²) >= 11 is 0. The lowest BCUT2D eigenvalue weighted by Gasteiger charge is -2.39. The van der Waals surface area contributed by atoms with Gasteiger partial charge in [-0.25, -0.2) is 4.98 Å². The van der Waals surface area contributed by atoms with Crippen molar-refractivity contribution in [2.45, 2.75) is 26.8 Å². The van der Waals surface area contributed by atoms with Crippen molar-refractivity contribution in [1.29, 1.82) is 5.26 Å². The van der Waals surface area contributed by atoms with Gasteiger partial charge in [-0.3, -0.25) is 9.69 Å². The largest absolute Gasteiger partial charge is 0.493 e. The first-order chi connectivity index (χ1) is 15.4. The van der Waals surface area contributed by atoms with E-state index < -0.39 is 0 Å². The predicted molar refractivity (Wildman–Crippen MR) is 121 cm³/mol. The molecular weight excluding hydrogens is 404 g/mol. The Labute approximate surface area is 187 Å². The van der Waals surface area contributed by atoms with Gasteiger partial charge in [0.25, 0.3) is 5.91 Å². The van der Waals surface area contributed by atoms with Crippen LogP contribution >= 0.6 is 0 Å². The lowest BCUT2D eigenvalue weighted by Crippen LogP contribution is -2.53. The molecule has 0 unspecified atom stereocenters. The number of hydrogen-bond donors (Lipinski definition) is 1. The monoisotopic (exact) mass is 430 g/mol. The summed E-state index contributed by atoms with van der Waals surface area (Å²) in [5.74, 6) is 0.333. The van der Waals surface area contributed by atoms with Gasteiger partial charge in [0.15, 0.2) is 5.82 Å². The summed E-state index contributed by atoms with van der Waals surface area (Å²) in [5.41, 5.74) is 3.28. The fourth-order valence-electron chi connectivity index (χ4n) is 4.16. The first kappa shape index (κ1) is 21.5. The maximum absolute atomic E-state index is 13.0. The third-order valence-electron chi connectivity index (χ3n) is 6.02. The number of pyridine rings is 1. The number of benzene rings is 1. The predicted octanol–water partition coefficient (Wildman–Crippen LogP) is 2.99. The van der Waals surface area contributed by atoms with Crippen molar-refractivity contribution >= 4 is 5.91 Å². The SMILES string of the molecule is CCN1CCN(C(=O)c2ccc(-n3ncc(-c4ccc(C#N)cc4C)c3O)nc2)[C@@H](C)C1. The molecule has 3 heterocycles. The first-order valence-corrected chi connectivity index (χ1v) is 10.7. The summed E-state index contributed by atoms with van der Waals surface area (Å²) in [6, 6.07) is 10.9. The lowest BCUT2D eigenvalue weighted by atomic mass is 10.0. The van der Waals surface area contributed by atoms with Crippen molar-refractivity contribution < 1.29 is 9.90 Å². The lowest BCUT2D eigenvalue weighted by molar-refractivity contribution is 0.0499. The van der Waals surface area contributed by atoms with E-state index in [-0.39, 0.29) is 17.8 Å². The van der Waals surface area contributed by atoms with Crippen LogP contribution in [0, 0.1) is 18.3 Å². The average Bonchev–Trinajstić information content (AvgIpc) is 3.19. The number of piperazine rings is 1. The fraction of sp³-hybridized carbons (Fsp3) is 0.333. The van der Waals surface area contributed by atoms with Gasteiger partial charge in [0.05, 0.1) is 29.0 Å². The van der Waals surface area contributed by atoms with Crippen LogP contribution in [0.2, 0.25) is 0 Å². The van der Waals surface area contributed by atoms with E-state index in [4.69, 9.17) is 5.26 Å². The second-order valence-electron chi connectivity index (χ2n) is 8.08. The molecule has 0 aliphatic carbocycles. The van der Waals surface area contributed by atoms with E-state index in [0.29, 0.717) is 29.1 Å². The number of rotatable bonds is 4. The minimum absolute atomic E-state index is 0.0362. The van der Waals surface area contributed by atoms with Gasteiger partial charge in [0.2, 0.25) is 5.88 Å². The molecule has 1 aliphatic rings. The van der Waals surface area contributed by atoms with E-state index in [2.05, 4.69) is 34.9 Å². The zero-order chi connectivity index (χ0) is 22.8. The molecular formula is C24H26N6O2. The third-order valence-corrected chi connectivity index (χ3v) is 6.02. The topological polar surface area (TPSA) is 98.3 Å². The number of aromatic nitrogens is 3. The molecule has 0 radical (unpaired) electrons. The van der Waals surface area contributed by atoms with Gasteiger partial charge < -0.3 is 10.0 Å². The van der Waals surface area contributed by atoms with Gasteiger partial charge in [0, 0.05) is 31.9 Å². The minimum Gasteiger partial charge on any atom is -0.493 e. The van der Waals surface area contributed by atoms with Crippen LogP contribution in [0.15, 0.2) is 42.7 Å². The Morgan fingerprint density at radius 1 is 1.22 bits per heavy atom. The normalized spacial score (nSPS) is 16.7. The maximum Gasteiger partial charge on any atom is 0.255 e. The number of likely N-dealkylation sites (N-methyl/N-ethyl adjacent to an activating group) is 1. The zero-order valence-electron chi connectivity index (χ0n) is 18.5. The molecule has 4 rings (SSSR count). The quantitative estimate of drug-likeness (QED) is 0.683. The number of amides is 1. The summed E-state index contributed by atoms with van der Waals surface area (Å²) in [4.78, 5) is 21.6. The van der Waals surface area contributed by atoms with Crippen LogP contribution in [0.25, 0.3) is 16.9 Å². The highest BCUT2D eigenvalue weighted by Gasteiger charge is 2.27. The molecule has 2 aromatic heterocycles. The van der Waals surface area contributed by atoms with E-state index in [9.17, 15) is 9.90 Å². The molecule has 0 saturated carbocycles. The molecule has 0 spiro atoms. The van der Waals surface area contributed by atoms with Crippen molar-refractivity contribution in [2.75, 3.05) is 26.2 Å². The molecule has 8 heteroatoms. The number of carbonyl (C=O) groups is 1. The van der Waals surface area contributed by atoms with E-state index in [1.807, 2.05) is 11.8 Å². The molecule has 3 aromatic rings. The summed E-state index contributed by atoms with van der Waals surface area (Å²) < 4.78 is 1.34. The highest BCUT2D eigenvalue weighted by Crippen LogP contribution is 2.33. The molecule has 164 valence electrons. The molecule has 0 bridgehead atoms. The number of hydrogen-bond acceptors (Lipinski definition) is 6. The summed E-state index contributed by atoms with van der Waals surface area (Å²) in [6.45, 7) is 9.50. The Hall–Kier alpha value is -3.70. The number of carbonyl (C=O) groups excluding carboxylic acids is 1. The van der Waals surface area contributed by atoms with Crippen LogP contribution < -0.4 is 0 Å². The van der Waals surface area contributed by atoms with Crippen LogP contribution in [0.3, 0.4) is 0 Å². The molecule has 1 saturated heterocycles. The van der Waals surface area contributed by atoms with Gasteiger partial charge in [-0.05, 0) is 55.8 Å². The van der Waals surface area contributed by atoms with E-state index in [0.717, 1.165) is 30.8 Å². The standard InChI is InChI=1S/C24H26N6O2/c1-4-28-9-10-29(17(3)15-28)23(31)19-6-8-22(26-13-19)30-24(32)21(14-27-30)20-7-5-18(12-25)11-16(20)2/h5-8,11,13-14,17,32H,4,9-10,15H2,1-3H3/t17-/m0/s1. The van der Waals surface area contributed by atoms with Crippen molar-refractivity contribution in [1.82, 2.24) is 24.6 Å². The summed E-state index contributed by atoms with van der Waals surface area (Å²) in [5, 5.41) is 24.1. The van der Waals surface area contributed by atoms with Crippen LogP contribution in [0.1, 0.15) is 35.3 Å². The van der Waals surface area contributed by atoms with Crippen molar-refractivity contribution in [2.24, 2.45) is 0 Å². The third kappa shape index (κ3) is 3.95. The molecule has 1 aliphatic heterocycles. The second kappa shape index (κ2) is 8.81. The molecule has 1 N–H and O–H groups in total. The van der Waals surface area contributed by atoms with E-state index in [1.165, 1.54) is 10.9 Å². The molecule has 1 aromatic carbocycles. The highest BCUT2D eigenvalue weighted by molar-refractivity contribution is 5.94. The maximum atomic E-state index is 13.0. The molecule has 1 atom stereocenters. The minimum atomic E-state index is -0.0475. The van der Waals surface area contributed by atoms with Crippen LogP contribution in [0.5, 0.6) is 5.88 Å². The summed E-state index contributed by atoms with van der Waals surface area (Å²) in [6.07, 6.45) is 3.10. The Morgan fingerprint density at radius 2 is 2.03 bits per heavy atom. The number of aromatic hydroxyl groups is 1. The van der Waals surface area contributed by atoms with Crippen molar-refractivity contribution in [3.63, 3.8) is 0 Å². The van der Waals surface area contributed by atoms with Gasteiger partial charge in [-0.15, -0.1) is 0 Å². The number of nitrogens with zero attached hydrogens (tertiary/aromatic N) is 6. The first-order valence-electron chi connectivity index (χ1n) is 10.7. The fourth-order valence-corrected chi connectivity index (χ4v) is 4.16. The molecule has 8 nitrogen and oxygen atoms in total. The number of aryl methyl sites for hydroxylation is 1. The van der Waals surface area contributed by atoms with Crippen molar-refractivity contribution in [3.8, 4) is 28.9 Å². The van der Waals surface area contributed by atoms with Gasteiger partial charge in [-0.1, -0.05) is 13.0 Å². The highest BCUT2D eigenvalue weighted by atomic mass is 16.3. The Kier molecular flexibility index (Phi) is 5.93.